The lowest BCUT2D eigenvalue weighted by molar-refractivity contribution is 0.218. The summed E-state index contributed by atoms with van der Waals surface area (Å²) >= 11 is 1.81. The van der Waals surface area contributed by atoms with E-state index in [1.54, 1.807) is 0 Å². The molecule has 0 aromatic heterocycles. The lowest BCUT2D eigenvalue weighted by Crippen LogP contribution is -2.35. The van der Waals surface area contributed by atoms with E-state index in [-0.39, 0.29) is 0 Å². The van der Waals surface area contributed by atoms with Crippen molar-refractivity contribution in [1.82, 2.24) is 5.43 Å². The van der Waals surface area contributed by atoms with Gasteiger partial charge in [0.15, 0.2) is 0 Å². The summed E-state index contributed by atoms with van der Waals surface area (Å²) in [6.45, 7) is 2.31. The van der Waals surface area contributed by atoms with Crippen molar-refractivity contribution in [1.29, 1.82) is 0 Å². The number of thioether (sulfide) groups is 1. The Kier molecular flexibility index (Phi) is 5.74. The highest BCUT2D eigenvalue weighted by molar-refractivity contribution is 7.98. The van der Waals surface area contributed by atoms with Crippen LogP contribution < -0.4 is 11.3 Å². The number of nitrogens with one attached hydrogen (secondary N) is 1. The van der Waals surface area contributed by atoms with E-state index in [2.05, 4.69) is 42.9 Å². The molecule has 0 radical (unpaired) electrons. The van der Waals surface area contributed by atoms with Crippen LogP contribution in [0.1, 0.15) is 50.6 Å². The monoisotopic (exact) mass is 278 g/mol. The van der Waals surface area contributed by atoms with Crippen LogP contribution >= 0.6 is 11.8 Å². The molecule has 1 aromatic carbocycles. The average molecular weight is 278 g/mol. The summed E-state index contributed by atoms with van der Waals surface area (Å²) in [4.78, 5) is 1.35. The van der Waals surface area contributed by atoms with Crippen LogP contribution in [0.4, 0.5) is 0 Å². The Hall–Kier alpha value is -0.510. The van der Waals surface area contributed by atoms with E-state index < -0.39 is 0 Å². The first-order chi connectivity index (χ1) is 9.30. The second-order valence-electron chi connectivity index (χ2n) is 5.58. The molecule has 1 saturated carbocycles. The van der Waals surface area contributed by atoms with Gasteiger partial charge in [-0.2, -0.15) is 0 Å². The highest BCUT2D eigenvalue weighted by Crippen LogP contribution is 2.39. The second-order valence-corrected chi connectivity index (χ2v) is 6.42. The zero-order chi connectivity index (χ0) is 13.7. The van der Waals surface area contributed by atoms with E-state index in [1.807, 2.05) is 11.8 Å². The van der Waals surface area contributed by atoms with Crippen molar-refractivity contribution in [2.45, 2.75) is 50.0 Å². The summed E-state index contributed by atoms with van der Waals surface area (Å²) in [5, 5.41) is 0. The van der Waals surface area contributed by atoms with Gasteiger partial charge in [0, 0.05) is 10.9 Å². The predicted octanol–water partition coefficient (Wildman–Crippen LogP) is 4.13. The molecular weight excluding hydrogens is 252 g/mol. The minimum absolute atomic E-state index is 0.307. The maximum Gasteiger partial charge on any atom is 0.0499 e. The molecule has 2 nitrogen and oxygen atoms in total. The fourth-order valence-electron chi connectivity index (χ4n) is 3.33. The molecule has 0 spiro atoms. The van der Waals surface area contributed by atoms with Crippen LogP contribution in [-0.2, 0) is 0 Å². The number of hydrazine groups is 1. The van der Waals surface area contributed by atoms with Crippen LogP contribution in [0, 0.1) is 11.8 Å². The molecule has 1 atom stereocenters. The van der Waals surface area contributed by atoms with Crippen LogP contribution in [0.3, 0.4) is 0 Å². The lowest BCUT2D eigenvalue weighted by Gasteiger charge is -2.34. The van der Waals surface area contributed by atoms with Crippen LogP contribution in [0.5, 0.6) is 0 Å². The van der Waals surface area contributed by atoms with Crippen molar-refractivity contribution >= 4 is 11.8 Å². The van der Waals surface area contributed by atoms with Gasteiger partial charge in [0.1, 0.15) is 0 Å². The summed E-state index contributed by atoms with van der Waals surface area (Å²) in [7, 11) is 0. The third-order valence-electron chi connectivity index (χ3n) is 4.59. The van der Waals surface area contributed by atoms with Gasteiger partial charge in [0.2, 0.25) is 0 Å². The van der Waals surface area contributed by atoms with Gasteiger partial charge in [-0.05, 0) is 42.6 Å². The Morgan fingerprint density at radius 3 is 2.53 bits per heavy atom. The van der Waals surface area contributed by atoms with Gasteiger partial charge >= 0.3 is 0 Å². The number of benzene rings is 1. The van der Waals surface area contributed by atoms with E-state index in [0.29, 0.717) is 12.0 Å². The third-order valence-corrected chi connectivity index (χ3v) is 5.41. The van der Waals surface area contributed by atoms with Gasteiger partial charge in [-0.25, -0.2) is 0 Å². The molecule has 0 heterocycles. The maximum atomic E-state index is 5.87. The summed E-state index contributed by atoms with van der Waals surface area (Å²) in [6.07, 6.45) is 8.79. The van der Waals surface area contributed by atoms with Crippen LogP contribution in [0.25, 0.3) is 0 Å². The molecule has 0 amide bonds. The van der Waals surface area contributed by atoms with Crippen LogP contribution in [0.15, 0.2) is 29.2 Å². The Labute approximate surface area is 121 Å². The second kappa shape index (κ2) is 7.32. The van der Waals surface area contributed by atoms with Crippen molar-refractivity contribution in [3.05, 3.63) is 29.8 Å². The maximum absolute atomic E-state index is 5.87. The molecule has 1 aromatic rings. The molecule has 19 heavy (non-hydrogen) atoms. The highest BCUT2D eigenvalue weighted by Gasteiger charge is 2.28. The Morgan fingerprint density at radius 2 is 1.95 bits per heavy atom. The molecule has 0 aliphatic heterocycles. The predicted molar refractivity (Wildman–Crippen MR) is 84.0 cm³/mol. The minimum Gasteiger partial charge on any atom is -0.271 e. The standard InChI is InChI=1S/C16H26N2S/c1-3-12-8-10-13(11-9-12)16(18-17)14-6-4-5-7-15(14)19-2/h4-7,12-13,16,18H,3,8-11,17H2,1-2H3. The van der Waals surface area contributed by atoms with E-state index in [4.69, 9.17) is 5.84 Å². The molecular formula is C16H26N2S. The smallest absolute Gasteiger partial charge is 0.0499 e. The Bertz CT molecular complexity index is 386. The SMILES string of the molecule is CCC1CCC(C(NN)c2ccccc2SC)CC1. The molecule has 1 fully saturated rings. The van der Waals surface area contributed by atoms with Gasteiger partial charge in [0.25, 0.3) is 0 Å². The number of rotatable bonds is 5. The van der Waals surface area contributed by atoms with Gasteiger partial charge in [-0.1, -0.05) is 44.4 Å². The number of nitrogens with two attached hydrogens (primary N) is 1. The molecule has 3 heteroatoms. The normalized spacial score (nSPS) is 25.2. The molecule has 2 rings (SSSR count). The molecule has 0 saturated heterocycles. The van der Waals surface area contributed by atoms with E-state index in [1.165, 1.54) is 42.6 Å². The fraction of sp³-hybridized carbons (Fsp3) is 0.625. The van der Waals surface area contributed by atoms with Crippen molar-refractivity contribution in [2.24, 2.45) is 17.7 Å². The fourth-order valence-corrected chi connectivity index (χ4v) is 3.98. The van der Waals surface area contributed by atoms with Crippen molar-refractivity contribution in [2.75, 3.05) is 6.26 Å². The number of hydrogen-bond acceptors (Lipinski definition) is 3. The first kappa shape index (κ1) is 14.9. The third kappa shape index (κ3) is 3.53. The van der Waals surface area contributed by atoms with Crippen molar-refractivity contribution in [3.8, 4) is 0 Å². The largest absolute Gasteiger partial charge is 0.271 e. The van der Waals surface area contributed by atoms with Crippen LogP contribution in [-0.4, -0.2) is 6.26 Å². The summed E-state index contributed by atoms with van der Waals surface area (Å²) in [5.74, 6) is 7.48. The lowest BCUT2D eigenvalue weighted by atomic mass is 9.76. The van der Waals surface area contributed by atoms with E-state index >= 15 is 0 Å². The topological polar surface area (TPSA) is 38.0 Å². The van der Waals surface area contributed by atoms with Crippen molar-refractivity contribution in [3.63, 3.8) is 0 Å². The van der Waals surface area contributed by atoms with E-state index in [9.17, 15) is 0 Å². The summed E-state index contributed by atoms with van der Waals surface area (Å²) in [5.41, 5.74) is 4.45. The van der Waals surface area contributed by atoms with Gasteiger partial charge < -0.3 is 0 Å². The van der Waals surface area contributed by atoms with Gasteiger partial charge in [-0.3, -0.25) is 11.3 Å². The van der Waals surface area contributed by atoms with Crippen LogP contribution in [0.2, 0.25) is 0 Å². The average Bonchev–Trinajstić information content (AvgIpc) is 2.49. The molecule has 1 aliphatic carbocycles. The molecule has 106 valence electrons. The highest BCUT2D eigenvalue weighted by atomic mass is 32.2. The summed E-state index contributed by atoms with van der Waals surface area (Å²) in [6, 6.07) is 8.96. The van der Waals surface area contributed by atoms with E-state index in [0.717, 1.165) is 5.92 Å². The number of hydrogen-bond donors (Lipinski definition) is 2. The molecule has 0 bridgehead atoms. The van der Waals surface area contributed by atoms with Gasteiger partial charge in [-0.15, -0.1) is 11.8 Å². The Balaban J connectivity index is 2.12. The molecule has 1 aliphatic rings. The van der Waals surface area contributed by atoms with Gasteiger partial charge in [0.05, 0.1) is 0 Å². The summed E-state index contributed by atoms with van der Waals surface area (Å²) < 4.78 is 0. The molecule has 1 unspecified atom stereocenters. The quantitative estimate of drug-likeness (QED) is 0.483. The zero-order valence-corrected chi connectivity index (χ0v) is 12.9. The first-order valence-corrected chi connectivity index (χ1v) is 8.61. The van der Waals surface area contributed by atoms with Crippen molar-refractivity contribution < 1.29 is 0 Å². The Morgan fingerprint density at radius 1 is 1.26 bits per heavy atom. The first-order valence-electron chi connectivity index (χ1n) is 7.39. The molecule has 3 N–H and O–H groups in total. The minimum atomic E-state index is 0.307. The zero-order valence-electron chi connectivity index (χ0n) is 12.1.